The molecule has 86 valence electrons. The van der Waals surface area contributed by atoms with Crippen molar-refractivity contribution in [1.29, 1.82) is 5.26 Å². The Kier molecular flexibility index (Phi) is 2.58. The quantitative estimate of drug-likeness (QED) is 0.694. The fourth-order valence-electron chi connectivity index (χ4n) is 1.85. The molecule has 5 heteroatoms. The summed E-state index contributed by atoms with van der Waals surface area (Å²) in [5, 5.41) is 17.4. The van der Waals surface area contributed by atoms with E-state index in [0.717, 1.165) is 21.2 Å². The molecule has 0 radical (unpaired) electrons. The summed E-state index contributed by atoms with van der Waals surface area (Å²) in [5.74, 6) is 0. The maximum atomic E-state index is 9.23. The lowest BCUT2D eigenvalue weighted by Crippen LogP contribution is -2.00. The van der Waals surface area contributed by atoms with Crippen LogP contribution in [-0.4, -0.2) is 15.0 Å². The molecule has 3 aromatic rings. The molecule has 0 N–H and O–H groups in total. The minimum Gasteiger partial charge on any atom is -0.211 e. The second kappa shape index (κ2) is 4.24. The minimum absolute atomic E-state index is 0.549. The Hall–Kier alpha value is -2.19. The first-order chi connectivity index (χ1) is 8.81. The van der Waals surface area contributed by atoms with E-state index in [-0.39, 0.29) is 0 Å². The largest absolute Gasteiger partial charge is 0.211 e. The summed E-state index contributed by atoms with van der Waals surface area (Å²) in [5.41, 5.74) is 2.96. The van der Waals surface area contributed by atoms with Crippen molar-refractivity contribution in [2.75, 3.05) is 0 Å². The smallest absolute Gasteiger partial charge is 0.113 e. The Balaban J connectivity index is 2.34. The van der Waals surface area contributed by atoms with Gasteiger partial charge in [-0.3, -0.25) is 0 Å². The third-order valence-corrected chi connectivity index (χ3v) is 3.34. The molecule has 0 atom stereocenters. The predicted octanol–water partition coefficient (Wildman–Crippen LogP) is 3.05. The van der Waals surface area contributed by atoms with Crippen LogP contribution < -0.4 is 0 Å². The number of hydrogen-bond acceptors (Lipinski definition) is 3. The lowest BCUT2D eigenvalue weighted by atomic mass is 10.2. The van der Waals surface area contributed by atoms with Crippen molar-refractivity contribution in [3.05, 3.63) is 52.5 Å². The van der Waals surface area contributed by atoms with Gasteiger partial charge < -0.3 is 0 Å². The number of aromatic nitrogens is 3. The normalized spacial score (nSPS) is 10.4. The molecule has 0 unspecified atom stereocenters. The van der Waals surface area contributed by atoms with E-state index in [4.69, 9.17) is 0 Å². The van der Waals surface area contributed by atoms with Crippen molar-refractivity contribution in [3.8, 4) is 11.8 Å². The van der Waals surface area contributed by atoms with Gasteiger partial charge in [0.25, 0.3) is 0 Å². The van der Waals surface area contributed by atoms with Crippen LogP contribution in [0, 0.1) is 11.3 Å². The molecule has 4 nitrogen and oxygen atoms in total. The molecule has 1 aromatic heterocycles. The molecule has 0 saturated heterocycles. The Morgan fingerprint density at radius 3 is 2.78 bits per heavy atom. The molecular formula is C13H7BrN4. The van der Waals surface area contributed by atoms with Crippen LogP contribution in [0.4, 0.5) is 0 Å². The highest BCUT2D eigenvalue weighted by Gasteiger charge is 2.11. The first kappa shape index (κ1) is 10.9. The van der Waals surface area contributed by atoms with Crippen LogP contribution in [0.15, 0.2) is 46.9 Å². The van der Waals surface area contributed by atoms with E-state index >= 15 is 0 Å². The summed E-state index contributed by atoms with van der Waals surface area (Å²) in [4.78, 5) is 0. The summed E-state index contributed by atoms with van der Waals surface area (Å²) < 4.78 is 2.43. The van der Waals surface area contributed by atoms with Crippen molar-refractivity contribution in [2.45, 2.75) is 0 Å². The first-order valence-corrected chi connectivity index (χ1v) is 6.10. The van der Waals surface area contributed by atoms with E-state index in [1.807, 2.05) is 42.5 Å². The van der Waals surface area contributed by atoms with E-state index in [1.54, 1.807) is 4.68 Å². The molecule has 0 spiro atoms. The van der Waals surface area contributed by atoms with Crippen molar-refractivity contribution >= 4 is 27.0 Å². The topological polar surface area (TPSA) is 54.5 Å². The number of fused-ring (bicyclic) bond motifs is 1. The fourth-order valence-corrected chi connectivity index (χ4v) is 2.29. The Labute approximate surface area is 112 Å². The number of rotatable bonds is 1. The van der Waals surface area contributed by atoms with Crippen LogP contribution >= 0.6 is 15.9 Å². The van der Waals surface area contributed by atoms with E-state index in [0.29, 0.717) is 5.56 Å². The zero-order valence-corrected chi connectivity index (χ0v) is 10.8. The highest BCUT2D eigenvalue weighted by molar-refractivity contribution is 9.10. The summed E-state index contributed by atoms with van der Waals surface area (Å²) in [6, 6.07) is 15.4. The molecule has 1 heterocycles. The van der Waals surface area contributed by atoms with Crippen LogP contribution in [0.2, 0.25) is 0 Å². The summed E-state index contributed by atoms with van der Waals surface area (Å²) >= 11 is 3.37. The number of benzene rings is 2. The van der Waals surface area contributed by atoms with Gasteiger partial charge in [0.2, 0.25) is 0 Å². The fraction of sp³-hybridized carbons (Fsp3) is 0. The lowest BCUT2D eigenvalue weighted by Gasteiger charge is -2.05. The number of hydrogen-bond donors (Lipinski definition) is 0. The van der Waals surface area contributed by atoms with Gasteiger partial charge in [-0.05, 0) is 40.2 Å². The number of nitrogens with zero attached hydrogens (tertiary/aromatic N) is 4. The van der Waals surface area contributed by atoms with Crippen LogP contribution in [0.25, 0.3) is 16.7 Å². The number of para-hydroxylation sites is 1. The van der Waals surface area contributed by atoms with Gasteiger partial charge in [-0.2, -0.15) is 5.26 Å². The van der Waals surface area contributed by atoms with Gasteiger partial charge in [-0.25, -0.2) is 4.68 Å². The SMILES string of the molecule is N#Cc1c(Br)cccc1-n1nnc2ccccc21. The first-order valence-electron chi connectivity index (χ1n) is 5.30. The third kappa shape index (κ3) is 1.59. The van der Waals surface area contributed by atoms with Crippen molar-refractivity contribution < 1.29 is 0 Å². The summed E-state index contributed by atoms with van der Waals surface area (Å²) in [6.45, 7) is 0. The monoisotopic (exact) mass is 298 g/mol. The zero-order valence-electron chi connectivity index (χ0n) is 9.21. The molecule has 0 fully saturated rings. The molecule has 0 bridgehead atoms. The van der Waals surface area contributed by atoms with Gasteiger partial charge in [-0.1, -0.05) is 23.4 Å². The highest BCUT2D eigenvalue weighted by Crippen LogP contribution is 2.24. The Morgan fingerprint density at radius 1 is 1.11 bits per heavy atom. The molecule has 2 aromatic carbocycles. The van der Waals surface area contributed by atoms with E-state index in [1.165, 1.54) is 0 Å². The van der Waals surface area contributed by atoms with Crippen molar-refractivity contribution in [3.63, 3.8) is 0 Å². The standard InChI is InChI=1S/C13H7BrN4/c14-10-4-3-7-12(9(10)8-15)18-13-6-2-1-5-11(13)16-17-18/h1-7H. The minimum atomic E-state index is 0.549. The van der Waals surface area contributed by atoms with Crippen molar-refractivity contribution in [2.24, 2.45) is 0 Å². The third-order valence-electron chi connectivity index (χ3n) is 2.68. The number of nitriles is 1. The molecule has 0 aliphatic rings. The molecule has 0 aliphatic heterocycles. The average molecular weight is 299 g/mol. The Bertz CT molecular complexity index is 770. The molecule has 18 heavy (non-hydrogen) atoms. The van der Waals surface area contributed by atoms with Gasteiger partial charge in [-0.15, -0.1) is 5.10 Å². The van der Waals surface area contributed by atoms with Crippen LogP contribution in [0.5, 0.6) is 0 Å². The lowest BCUT2D eigenvalue weighted by molar-refractivity contribution is 0.821. The molecular weight excluding hydrogens is 292 g/mol. The van der Waals surface area contributed by atoms with Crippen LogP contribution in [-0.2, 0) is 0 Å². The highest BCUT2D eigenvalue weighted by atomic mass is 79.9. The molecule has 0 saturated carbocycles. The Morgan fingerprint density at radius 2 is 1.94 bits per heavy atom. The zero-order chi connectivity index (χ0) is 12.5. The van der Waals surface area contributed by atoms with Crippen molar-refractivity contribution in [1.82, 2.24) is 15.0 Å². The van der Waals surface area contributed by atoms with Gasteiger partial charge in [0.1, 0.15) is 11.6 Å². The molecule has 0 amide bonds. The van der Waals surface area contributed by atoms with Gasteiger partial charge in [0.05, 0.1) is 16.8 Å². The second-order valence-electron chi connectivity index (χ2n) is 3.74. The molecule has 3 rings (SSSR count). The van der Waals surface area contributed by atoms with E-state index < -0.39 is 0 Å². The summed E-state index contributed by atoms with van der Waals surface area (Å²) in [7, 11) is 0. The van der Waals surface area contributed by atoms with Gasteiger partial charge in [0, 0.05) is 4.47 Å². The molecule has 0 aliphatic carbocycles. The summed E-state index contributed by atoms with van der Waals surface area (Å²) in [6.07, 6.45) is 0. The van der Waals surface area contributed by atoms with Crippen LogP contribution in [0.1, 0.15) is 5.56 Å². The maximum absolute atomic E-state index is 9.23. The second-order valence-corrected chi connectivity index (χ2v) is 4.59. The van der Waals surface area contributed by atoms with Crippen LogP contribution in [0.3, 0.4) is 0 Å². The average Bonchev–Trinajstić information content (AvgIpc) is 2.82. The predicted molar refractivity (Wildman–Crippen MR) is 71.3 cm³/mol. The van der Waals surface area contributed by atoms with Gasteiger partial charge in [0.15, 0.2) is 0 Å². The van der Waals surface area contributed by atoms with Gasteiger partial charge >= 0.3 is 0 Å². The van der Waals surface area contributed by atoms with E-state index in [9.17, 15) is 5.26 Å². The van der Waals surface area contributed by atoms with E-state index in [2.05, 4.69) is 32.3 Å². The number of halogens is 1. The maximum Gasteiger partial charge on any atom is 0.113 e.